The molecule has 1 aromatic rings. The van der Waals surface area contributed by atoms with E-state index in [9.17, 15) is 5.11 Å². The Morgan fingerprint density at radius 2 is 1.79 bits per heavy atom. The molecule has 1 rings (SSSR count). The maximum Gasteiger partial charge on any atom is 0.0637 e. The van der Waals surface area contributed by atoms with Crippen molar-refractivity contribution in [2.24, 2.45) is 5.41 Å². The smallest absolute Gasteiger partial charge is 0.0637 e. The first-order valence-corrected chi connectivity index (χ1v) is 4.96. The van der Waals surface area contributed by atoms with Crippen molar-refractivity contribution in [3.63, 3.8) is 0 Å². The van der Waals surface area contributed by atoms with Gasteiger partial charge in [0.1, 0.15) is 0 Å². The third kappa shape index (κ3) is 3.04. The van der Waals surface area contributed by atoms with Gasteiger partial charge in [-0.05, 0) is 17.5 Å². The van der Waals surface area contributed by atoms with Crippen molar-refractivity contribution in [3.05, 3.63) is 30.3 Å². The molecule has 14 heavy (non-hydrogen) atoms. The first-order chi connectivity index (χ1) is 6.54. The van der Waals surface area contributed by atoms with E-state index in [1.807, 2.05) is 30.3 Å². The molecule has 0 aliphatic rings. The van der Waals surface area contributed by atoms with E-state index in [-0.39, 0.29) is 18.1 Å². The molecule has 2 N–H and O–H groups in total. The van der Waals surface area contributed by atoms with Gasteiger partial charge in [0.25, 0.3) is 0 Å². The number of benzene rings is 1. The Kier molecular flexibility index (Phi) is 3.53. The fourth-order valence-corrected chi connectivity index (χ4v) is 1.27. The lowest BCUT2D eigenvalue weighted by Crippen LogP contribution is -2.37. The molecule has 0 bridgehead atoms. The van der Waals surface area contributed by atoms with E-state index < -0.39 is 0 Å². The molecule has 0 spiro atoms. The Hall–Kier alpha value is -1.02. The van der Waals surface area contributed by atoms with Gasteiger partial charge in [-0.15, -0.1) is 0 Å². The maximum absolute atomic E-state index is 9.26. The highest BCUT2D eigenvalue weighted by Gasteiger charge is 2.23. The SMILES string of the molecule is CC(C)(C)C(CO)Nc1ccccc1. The molecule has 0 aliphatic carbocycles. The molecule has 1 unspecified atom stereocenters. The van der Waals surface area contributed by atoms with Crippen LogP contribution in [-0.2, 0) is 0 Å². The van der Waals surface area contributed by atoms with Crippen LogP contribution < -0.4 is 5.32 Å². The Bertz CT molecular complexity index is 263. The molecular formula is C12H19NO. The highest BCUT2D eigenvalue weighted by molar-refractivity contribution is 5.43. The minimum Gasteiger partial charge on any atom is -0.394 e. The summed E-state index contributed by atoms with van der Waals surface area (Å²) in [6, 6.07) is 10.1. The van der Waals surface area contributed by atoms with Crippen LogP contribution in [0.25, 0.3) is 0 Å². The van der Waals surface area contributed by atoms with Gasteiger partial charge in [-0.25, -0.2) is 0 Å². The lowest BCUT2D eigenvalue weighted by atomic mass is 9.87. The van der Waals surface area contributed by atoms with Gasteiger partial charge in [-0.1, -0.05) is 39.0 Å². The van der Waals surface area contributed by atoms with Crippen molar-refractivity contribution in [1.82, 2.24) is 0 Å². The average molecular weight is 193 g/mol. The van der Waals surface area contributed by atoms with Gasteiger partial charge in [0.05, 0.1) is 12.6 Å². The predicted octanol–water partition coefficient (Wildman–Crippen LogP) is 2.51. The van der Waals surface area contributed by atoms with Crippen molar-refractivity contribution >= 4 is 5.69 Å². The van der Waals surface area contributed by atoms with Crippen LogP contribution in [0.5, 0.6) is 0 Å². The molecule has 1 aromatic carbocycles. The van der Waals surface area contributed by atoms with E-state index in [0.717, 1.165) is 5.69 Å². The summed E-state index contributed by atoms with van der Waals surface area (Å²) < 4.78 is 0. The minimum absolute atomic E-state index is 0.0601. The number of nitrogens with one attached hydrogen (secondary N) is 1. The fraction of sp³-hybridized carbons (Fsp3) is 0.500. The van der Waals surface area contributed by atoms with Gasteiger partial charge in [0.15, 0.2) is 0 Å². The van der Waals surface area contributed by atoms with E-state index in [4.69, 9.17) is 0 Å². The third-order valence-electron chi connectivity index (χ3n) is 2.34. The quantitative estimate of drug-likeness (QED) is 0.773. The number of rotatable bonds is 3. The summed E-state index contributed by atoms with van der Waals surface area (Å²) in [5.41, 5.74) is 1.12. The summed E-state index contributed by atoms with van der Waals surface area (Å²) in [7, 11) is 0. The van der Waals surface area contributed by atoms with Gasteiger partial charge in [0, 0.05) is 5.69 Å². The van der Waals surface area contributed by atoms with E-state index in [2.05, 4.69) is 26.1 Å². The zero-order valence-electron chi connectivity index (χ0n) is 9.12. The molecular weight excluding hydrogens is 174 g/mol. The molecule has 0 amide bonds. The molecule has 0 saturated carbocycles. The number of aliphatic hydroxyl groups is 1. The first-order valence-electron chi connectivity index (χ1n) is 4.96. The number of hydrogen-bond acceptors (Lipinski definition) is 2. The van der Waals surface area contributed by atoms with Gasteiger partial charge in [-0.3, -0.25) is 0 Å². The zero-order chi connectivity index (χ0) is 10.6. The second-order valence-corrected chi connectivity index (χ2v) is 4.61. The lowest BCUT2D eigenvalue weighted by molar-refractivity contribution is 0.202. The van der Waals surface area contributed by atoms with Crippen LogP contribution in [0.1, 0.15) is 20.8 Å². The molecule has 0 saturated heterocycles. The van der Waals surface area contributed by atoms with Gasteiger partial charge in [-0.2, -0.15) is 0 Å². The highest BCUT2D eigenvalue weighted by atomic mass is 16.3. The highest BCUT2D eigenvalue weighted by Crippen LogP contribution is 2.22. The minimum atomic E-state index is 0.0601. The fourth-order valence-electron chi connectivity index (χ4n) is 1.27. The monoisotopic (exact) mass is 193 g/mol. The summed E-state index contributed by atoms with van der Waals surface area (Å²) >= 11 is 0. The van der Waals surface area contributed by atoms with Gasteiger partial charge < -0.3 is 10.4 Å². The van der Waals surface area contributed by atoms with Crippen LogP contribution in [0.2, 0.25) is 0 Å². The standard InChI is InChI=1S/C12H19NO/c1-12(2,3)11(9-14)13-10-7-5-4-6-8-10/h4-8,11,13-14H,9H2,1-3H3. The second kappa shape index (κ2) is 4.47. The Balaban J connectivity index is 2.67. The molecule has 78 valence electrons. The molecule has 0 aromatic heterocycles. The maximum atomic E-state index is 9.26. The Morgan fingerprint density at radius 1 is 1.21 bits per heavy atom. The van der Waals surface area contributed by atoms with Crippen LogP contribution in [0.15, 0.2) is 30.3 Å². The number of hydrogen-bond donors (Lipinski definition) is 2. The Labute approximate surface area is 86.0 Å². The van der Waals surface area contributed by atoms with Crippen LogP contribution in [0.3, 0.4) is 0 Å². The van der Waals surface area contributed by atoms with Crippen LogP contribution in [0, 0.1) is 5.41 Å². The van der Waals surface area contributed by atoms with E-state index in [1.165, 1.54) is 0 Å². The van der Waals surface area contributed by atoms with Crippen molar-refractivity contribution in [2.75, 3.05) is 11.9 Å². The number of para-hydroxylation sites is 1. The number of aliphatic hydroxyl groups excluding tert-OH is 1. The van der Waals surface area contributed by atoms with Crippen molar-refractivity contribution < 1.29 is 5.11 Å². The topological polar surface area (TPSA) is 32.3 Å². The Morgan fingerprint density at radius 3 is 2.21 bits per heavy atom. The molecule has 1 atom stereocenters. The summed E-state index contributed by atoms with van der Waals surface area (Å²) in [5.74, 6) is 0. The van der Waals surface area contributed by atoms with Crippen molar-refractivity contribution in [2.45, 2.75) is 26.8 Å². The molecule has 0 aliphatic heterocycles. The molecule has 0 heterocycles. The summed E-state index contributed by atoms with van der Waals surface area (Å²) in [4.78, 5) is 0. The normalized spacial score (nSPS) is 13.7. The van der Waals surface area contributed by atoms with Crippen LogP contribution in [-0.4, -0.2) is 17.8 Å². The molecule has 0 radical (unpaired) electrons. The molecule has 2 heteroatoms. The van der Waals surface area contributed by atoms with Gasteiger partial charge in [0.2, 0.25) is 0 Å². The van der Waals surface area contributed by atoms with E-state index >= 15 is 0 Å². The largest absolute Gasteiger partial charge is 0.394 e. The second-order valence-electron chi connectivity index (χ2n) is 4.61. The van der Waals surface area contributed by atoms with Crippen molar-refractivity contribution in [1.29, 1.82) is 0 Å². The van der Waals surface area contributed by atoms with E-state index in [1.54, 1.807) is 0 Å². The van der Waals surface area contributed by atoms with E-state index in [0.29, 0.717) is 0 Å². The van der Waals surface area contributed by atoms with Crippen LogP contribution in [0.4, 0.5) is 5.69 Å². The molecule has 2 nitrogen and oxygen atoms in total. The lowest BCUT2D eigenvalue weighted by Gasteiger charge is -2.30. The summed E-state index contributed by atoms with van der Waals surface area (Å²) in [5, 5.41) is 12.6. The summed E-state index contributed by atoms with van der Waals surface area (Å²) in [6.45, 7) is 6.50. The van der Waals surface area contributed by atoms with Gasteiger partial charge >= 0.3 is 0 Å². The third-order valence-corrected chi connectivity index (χ3v) is 2.34. The summed E-state index contributed by atoms with van der Waals surface area (Å²) in [6.07, 6.45) is 0. The predicted molar refractivity (Wildman–Crippen MR) is 60.4 cm³/mol. The number of anilines is 1. The first kappa shape index (κ1) is 11.1. The molecule has 0 fully saturated rings. The van der Waals surface area contributed by atoms with Crippen molar-refractivity contribution in [3.8, 4) is 0 Å². The van der Waals surface area contributed by atoms with Crippen LogP contribution >= 0.6 is 0 Å². The average Bonchev–Trinajstić information content (AvgIpc) is 2.14. The zero-order valence-corrected chi connectivity index (χ0v) is 9.12.